The Labute approximate surface area is 69.9 Å². The maximum absolute atomic E-state index is 11.1. The van der Waals surface area contributed by atoms with Crippen molar-refractivity contribution >= 4 is 17.8 Å². The normalized spacial score (nSPS) is 14.6. The lowest BCUT2D eigenvalue weighted by Crippen LogP contribution is -2.31. The summed E-state index contributed by atoms with van der Waals surface area (Å²) in [5.74, 6) is 0.0210. The molecule has 0 bridgehead atoms. The zero-order valence-corrected chi connectivity index (χ0v) is 6.74. The second kappa shape index (κ2) is 2.48. The van der Waals surface area contributed by atoms with Crippen LogP contribution in [0.25, 0.3) is 0 Å². The Morgan fingerprint density at radius 1 is 1.75 bits per heavy atom. The van der Waals surface area contributed by atoms with E-state index in [1.807, 2.05) is 6.07 Å². The van der Waals surface area contributed by atoms with Crippen LogP contribution in [0.2, 0.25) is 0 Å². The average molecular weight is 163 g/mol. The molecule has 1 N–H and O–H groups in total. The number of rotatable bonds is 0. The Kier molecular flexibility index (Phi) is 1.46. The molecule has 0 aromatic carbocycles. The molecule has 4 heteroatoms. The highest BCUT2D eigenvalue weighted by atomic mass is 16.2. The van der Waals surface area contributed by atoms with Crippen LogP contribution in [-0.2, 0) is 4.79 Å². The van der Waals surface area contributed by atoms with E-state index in [0.717, 1.165) is 11.4 Å². The number of nitrogens with one attached hydrogen (secondary N) is 1. The first kappa shape index (κ1) is 7.09. The molecular formula is C8H9N3O. The van der Waals surface area contributed by atoms with Gasteiger partial charge in [-0.05, 0) is 6.07 Å². The first-order valence-corrected chi connectivity index (χ1v) is 3.74. The van der Waals surface area contributed by atoms with Gasteiger partial charge in [0.2, 0.25) is 5.91 Å². The zero-order chi connectivity index (χ0) is 8.55. The molecule has 0 aliphatic carbocycles. The van der Waals surface area contributed by atoms with Gasteiger partial charge in [-0.15, -0.1) is 0 Å². The standard InChI is InChI=1S/C8H9N3O/c1-6(12)11-5-9-4-7-8(11)2-3-10-7/h2-4,10H,5H2,1H3. The Morgan fingerprint density at radius 3 is 3.33 bits per heavy atom. The molecule has 62 valence electrons. The van der Waals surface area contributed by atoms with Gasteiger partial charge < -0.3 is 4.98 Å². The molecule has 0 radical (unpaired) electrons. The molecule has 0 saturated heterocycles. The van der Waals surface area contributed by atoms with Gasteiger partial charge in [0.25, 0.3) is 0 Å². The Morgan fingerprint density at radius 2 is 2.58 bits per heavy atom. The lowest BCUT2D eigenvalue weighted by molar-refractivity contribution is -0.116. The summed E-state index contributed by atoms with van der Waals surface area (Å²) >= 11 is 0. The molecule has 0 unspecified atom stereocenters. The van der Waals surface area contributed by atoms with Crippen molar-refractivity contribution in [3.8, 4) is 0 Å². The molecule has 1 aromatic rings. The number of fused-ring (bicyclic) bond motifs is 1. The van der Waals surface area contributed by atoms with Crippen LogP contribution >= 0.6 is 0 Å². The van der Waals surface area contributed by atoms with E-state index in [2.05, 4.69) is 9.98 Å². The topological polar surface area (TPSA) is 48.5 Å². The molecule has 12 heavy (non-hydrogen) atoms. The number of H-pyrrole nitrogens is 1. The van der Waals surface area contributed by atoms with Gasteiger partial charge in [0.15, 0.2) is 0 Å². The fourth-order valence-electron chi connectivity index (χ4n) is 1.27. The van der Waals surface area contributed by atoms with Crippen LogP contribution in [0.15, 0.2) is 17.3 Å². The number of carbonyl (C=O) groups is 1. The minimum absolute atomic E-state index is 0.0210. The van der Waals surface area contributed by atoms with Gasteiger partial charge in [-0.3, -0.25) is 14.7 Å². The highest BCUT2D eigenvalue weighted by molar-refractivity contribution is 5.99. The minimum Gasteiger partial charge on any atom is -0.359 e. The Bertz CT molecular complexity index is 340. The summed E-state index contributed by atoms with van der Waals surface area (Å²) in [4.78, 5) is 19.8. The Hall–Kier alpha value is -1.58. The summed E-state index contributed by atoms with van der Waals surface area (Å²) in [6.45, 7) is 1.97. The molecule has 2 rings (SSSR count). The number of hydrogen-bond donors (Lipinski definition) is 1. The summed E-state index contributed by atoms with van der Waals surface area (Å²) in [6, 6.07) is 1.88. The first-order chi connectivity index (χ1) is 5.79. The fourth-order valence-corrected chi connectivity index (χ4v) is 1.27. The molecule has 1 aromatic heterocycles. The summed E-state index contributed by atoms with van der Waals surface area (Å²) in [5.41, 5.74) is 1.81. The third-order valence-electron chi connectivity index (χ3n) is 1.87. The van der Waals surface area contributed by atoms with Crippen molar-refractivity contribution in [2.75, 3.05) is 11.6 Å². The molecule has 0 spiro atoms. The van der Waals surface area contributed by atoms with Crippen LogP contribution in [0.3, 0.4) is 0 Å². The number of aromatic nitrogens is 1. The number of carbonyl (C=O) groups excluding carboxylic acids is 1. The molecule has 1 aliphatic rings. The molecular weight excluding hydrogens is 154 g/mol. The maximum atomic E-state index is 11.1. The van der Waals surface area contributed by atoms with Gasteiger partial charge in [0.1, 0.15) is 6.67 Å². The minimum atomic E-state index is 0.0210. The highest BCUT2D eigenvalue weighted by Crippen LogP contribution is 2.20. The number of anilines is 1. The smallest absolute Gasteiger partial charge is 0.225 e. The van der Waals surface area contributed by atoms with Crippen LogP contribution in [0.5, 0.6) is 0 Å². The van der Waals surface area contributed by atoms with Crippen molar-refractivity contribution in [2.24, 2.45) is 4.99 Å². The molecule has 2 heterocycles. The second-order valence-corrected chi connectivity index (χ2v) is 2.68. The highest BCUT2D eigenvalue weighted by Gasteiger charge is 2.17. The summed E-state index contributed by atoms with van der Waals surface area (Å²) in [5, 5.41) is 0. The van der Waals surface area contributed by atoms with E-state index in [0.29, 0.717) is 6.67 Å². The second-order valence-electron chi connectivity index (χ2n) is 2.68. The van der Waals surface area contributed by atoms with Crippen LogP contribution < -0.4 is 4.90 Å². The van der Waals surface area contributed by atoms with E-state index in [1.165, 1.54) is 6.92 Å². The Balaban J connectivity index is 2.45. The van der Waals surface area contributed by atoms with Crippen LogP contribution in [0.1, 0.15) is 12.6 Å². The van der Waals surface area contributed by atoms with Gasteiger partial charge in [0.05, 0.1) is 11.4 Å². The quantitative estimate of drug-likeness (QED) is 0.603. The summed E-state index contributed by atoms with van der Waals surface area (Å²) < 4.78 is 0. The van der Waals surface area contributed by atoms with E-state index in [1.54, 1.807) is 17.3 Å². The monoisotopic (exact) mass is 163 g/mol. The third kappa shape index (κ3) is 0.922. The maximum Gasteiger partial charge on any atom is 0.225 e. The fraction of sp³-hybridized carbons (Fsp3) is 0.250. The number of amides is 1. The summed E-state index contributed by atoms with van der Waals surface area (Å²) in [7, 11) is 0. The number of hydrogen-bond acceptors (Lipinski definition) is 2. The van der Waals surface area contributed by atoms with Crippen LogP contribution in [0.4, 0.5) is 5.69 Å². The number of nitrogens with zero attached hydrogens (tertiary/aromatic N) is 2. The van der Waals surface area contributed by atoms with Crippen molar-refractivity contribution < 1.29 is 4.79 Å². The number of aliphatic imine (C=N–C) groups is 1. The van der Waals surface area contributed by atoms with Gasteiger partial charge in [-0.2, -0.15) is 0 Å². The van der Waals surface area contributed by atoms with E-state index in [-0.39, 0.29) is 5.91 Å². The van der Waals surface area contributed by atoms with Crippen molar-refractivity contribution in [1.29, 1.82) is 0 Å². The predicted molar refractivity (Wildman–Crippen MR) is 46.4 cm³/mol. The van der Waals surface area contributed by atoms with E-state index in [9.17, 15) is 4.79 Å². The lowest BCUT2D eigenvalue weighted by atomic mass is 10.3. The summed E-state index contributed by atoms with van der Waals surface area (Å²) in [6.07, 6.45) is 3.55. The zero-order valence-electron chi connectivity index (χ0n) is 6.74. The largest absolute Gasteiger partial charge is 0.359 e. The van der Waals surface area contributed by atoms with Crippen molar-refractivity contribution in [2.45, 2.75) is 6.92 Å². The van der Waals surface area contributed by atoms with E-state index in [4.69, 9.17) is 0 Å². The van der Waals surface area contributed by atoms with Gasteiger partial charge >= 0.3 is 0 Å². The molecule has 0 atom stereocenters. The van der Waals surface area contributed by atoms with Gasteiger partial charge in [0, 0.05) is 19.3 Å². The lowest BCUT2D eigenvalue weighted by Gasteiger charge is -2.20. The predicted octanol–water partition coefficient (Wildman–Crippen LogP) is 0.758. The van der Waals surface area contributed by atoms with Gasteiger partial charge in [-0.25, -0.2) is 0 Å². The van der Waals surface area contributed by atoms with Crippen LogP contribution in [-0.4, -0.2) is 23.8 Å². The molecule has 0 saturated carbocycles. The molecule has 1 amide bonds. The number of aromatic amines is 1. The molecule has 1 aliphatic heterocycles. The molecule has 0 fully saturated rings. The van der Waals surface area contributed by atoms with Crippen molar-refractivity contribution in [1.82, 2.24) is 4.98 Å². The van der Waals surface area contributed by atoms with E-state index >= 15 is 0 Å². The van der Waals surface area contributed by atoms with Gasteiger partial charge in [-0.1, -0.05) is 0 Å². The van der Waals surface area contributed by atoms with E-state index < -0.39 is 0 Å². The molecule has 4 nitrogen and oxygen atoms in total. The van der Waals surface area contributed by atoms with Crippen LogP contribution in [0, 0.1) is 0 Å². The average Bonchev–Trinajstić information content (AvgIpc) is 2.49. The first-order valence-electron chi connectivity index (χ1n) is 3.74. The van der Waals surface area contributed by atoms with Crippen molar-refractivity contribution in [3.05, 3.63) is 18.0 Å². The van der Waals surface area contributed by atoms with Crippen molar-refractivity contribution in [3.63, 3.8) is 0 Å². The third-order valence-corrected chi connectivity index (χ3v) is 1.87. The SMILES string of the molecule is CC(=O)N1CN=Cc2[nH]ccc21.